The van der Waals surface area contributed by atoms with Crippen LogP contribution in [0.4, 0.5) is 0 Å². The lowest BCUT2D eigenvalue weighted by molar-refractivity contribution is 0.164. The minimum atomic E-state index is 0.134. The molecule has 0 fully saturated rings. The molecular weight excluding hydrogens is 296 g/mol. The first-order valence-corrected chi connectivity index (χ1v) is 8.44. The quantitative estimate of drug-likeness (QED) is 0.503. The molecule has 1 heterocycles. The Morgan fingerprint density at radius 3 is 2.45 bits per heavy atom. The highest BCUT2D eigenvalue weighted by Crippen LogP contribution is 2.26. The minimum Gasteiger partial charge on any atom is -0.381 e. The van der Waals surface area contributed by atoms with Gasteiger partial charge in [0, 0.05) is 17.9 Å². The molecule has 0 aliphatic carbocycles. The van der Waals surface area contributed by atoms with Crippen molar-refractivity contribution in [3.63, 3.8) is 0 Å². The molecule has 5 nitrogen and oxygen atoms in total. The second-order valence-corrected chi connectivity index (χ2v) is 7.11. The van der Waals surface area contributed by atoms with Crippen LogP contribution in [0.5, 0.6) is 0 Å². The van der Waals surface area contributed by atoms with Gasteiger partial charge < -0.3 is 10.6 Å². The van der Waals surface area contributed by atoms with Gasteiger partial charge in [-0.05, 0) is 17.9 Å². The number of rotatable bonds is 6. The van der Waals surface area contributed by atoms with Crippen molar-refractivity contribution in [3.05, 3.63) is 29.8 Å². The van der Waals surface area contributed by atoms with Gasteiger partial charge >= 0.3 is 0 Å². The summed E-state index contributed by atoms with van der Waals surface area (Å²) in [7, 11) is 0. The maximum Gasteiger partial charge on any atom is 0.210 e. The number of nitrogen functional groups attached to an aromatic ring is 1. The lowest BCUT2D eigenvalue weighted by atomic mass is 9.87. The molecule has 0 unspecified atom stereocenters. The Bertz CT molecular complexity index is 602. The molecule has 0 radical (unpaired) electrons. The molecule has 0 aliphatic heterocycles. The van der Waals surface area contributed by atoms with E-state index in [1.807, 2.05) is 19.1 Å². The summed E-state index contributed by atoms with van der Waals surface area (Å²) >= 11 is 1.55. The molecule has 2 N–H and O–H groups in total. The summed E-state index contributed by atoms with van der Waals surface area (Å²) in [5, 5.41) is 9.06. The van der Waals surface area contributed by atoms with Crippen LogP contribution in [0.25, 0.3) is 11.4 Å². The van der Waals surface area contributed by atoms with Gasteiger partial charge in [0.05, 0.1) is 6.61 Å². The molecule has 1 aromatic heterocycles. The van der Waals surface area contributed by atoms with Crippen molar-refractivity contribution < 1.29 is 4.74 Å². The first kappa shape index (κ1) is 16.8. The van der Waals surface area contributed by atoms with E-state index in [0.717, 1.165) is 17.9 Å². The van der Waals surface area contributed by atoms with Crippen LogP contribution < -0.4 is 5.84 Å². The fourth-order valence-electron chi connectivity index (χ4n) is 2.03. The maximum atomic E-state index is 6.10. The molecule has 0 bridgehead atoms. The second kappa shape index (κ2) is 7.15. The summed E-state index contributed by atoms with van der Waals surface area (Å²) in [6.07, 6.45) is 0. The zero-order valence-electron chi connectivity index (χ0n) is 13.7. The summed E-state index contributed by atoms with van der Waals surface area (Å²) in [5.41, 5.74) is 2.39. The van der Waals surface area contributed by atoms with Crippen molar-refractivity contribution in [1.82, 2.24) is 14.9 Å². The third kappa shape index (κ3) is 4.01. The standard InChI is InChI=1S/C16H24N4OS/c1-5-21-10-11-22-15-19-18-14(20(15)17)12-6-8-13(9-7-12)16(2,3)4/h6-9H,5,10-11,17H2,1-4H3. The fourth-order valence-corrected chi connectivity index (χ4v) is 2.74. The molecular formula is C16H24N4OS. The molecule has 120 valence electrons. The van der Waals surface area contributed by atoms with Crippen molar-refractivity contribution >= 4 is 11.8 Å². The zero-order chi connectivity index (χ0) is 16.2. The molecule has 2 rings (SSSR count). The zero-order valence-corrected chi connectivity index (χ0v) is 14.5. The molecule has 0 amide bonds. The van der Waals surface area contributed by atoms with Gasteiger partial charge in [0.15, 0.2) is 5.82 Å². The van der Waals surface area contributed by atoms with Gasteiger partial charge in [-0.3, -0.25) is 0 Å². The van der Waals surface area contributed by atoms with Crippen LogP contribution >= 0.6 is 11.8 Å². The van der Waals surface area contributed by atoms with Gasteiger partial charge in [0.2, 0.25) is 5.16 Å². The molecule has 1 aromatic carbocycles. The number of ether oxygens (including phenoxy) is 1. The highest BCUT2D eigenvalue weighted by molar-refractivity contribution is 7.99. The molecule has 0 saturated heterocycles. The number of hydrogen-bond acceptors (Lipinski definition) is 5. The van der Waals surface area contributed by atoms with E-state index in [9.17, 15) is 0 Å². The average molecular weight is 320 g/mol. The van der Waals surface area contributed by atoms with Crippen LogP contribution in [0, 0.1) is 0 Å². The van der Waals surface area contributed by atoms with Gasteiger partial charge in [-0.15, -0.1) is 10.2 Å². The van der Waals surface area contributed by atoms with Crippen molar-refractivity contribution in [2.45, 2.75) is 38.3 Å². The SMILES string of the molecule is CCOCCSc1nnc(-c2ccc(C(C)(C)C)cc2)n1N. The van der Waals surface area contributed by atoms with E-state index in [-0.39, 0.29) is 5.41 Å². The van der Waals surface area contributed by atoms with Gasteiger partial charge in [0.25, 0.3) is 0 Å². The molecule has 0 atom stereocenters. The number of benzene rings is 1. The summed E-state index contributed by atoms with van der Waals surface area (Å²) < 4.78 is 6.86. The first-order valence-electron chi connectivity index (χ1n) is 7.45. The lowest BCUT2D eigenvalue weighted by Crippen LogP contribution is -2.13. The molecule has 0 aliphatic rings. The average Bonchev–Trinajstić information content (AvgIpc) is 2.84. The Hall–Kier alpha value is -1.53. The van der Waals surface area contributed by atoms with Gasteiger partial charge in [-0.1, -0.05) is 56.8 Å². The van der Waals surface area contributed by atoms with E-state index in [0.29, 0.717) is 17.6 Å². The topological polar surface area (TPSA) is 66.0 Å². The van der Waals surface area contributed by atoms with Gasteiger partial charge in [-0.25, -0.2) is 4.68 Å². The smallest absolute Gasteiger partial charge is 0.210 e. The Kier molecular flexibility index (Phi) is 5.47. The molecule has 0 saturated carbocycles. The number of hydrogen-bond donors (Lipinski definition) is 1. The molecule has 0 spiro atoms. The van der Waals surface area contributed by atoms with Crippen LogP contribution in [0.15, 0.2) is 29.4 Å². The monoisotopic (exact) mass is 320 g/mol. The summed E-state index contributed by atoms with van der Waals surface area (Å²) in [4.78, 5) is 0. The third-order valence-corrected chi connectivity index (χ3v) is 4.24. The molecule has 6 heteroatoms. The van der Waals surface area contributed by atoms with Crippen molar-refractivity contribution in [2.75, 3.05) is 24.8 Å². The maximum absolute atomic E-state index is 6.10. The van der Waals surface area contributed by atoms with E-state index in [1.165, 1.54) is 5.56 Å². The number of thioether (sulfide) groups is 1. The highest BCUT2D eigenvalue weighted by Gasteiger charge is 2.15. The van der Waals surface area contributed by atoms with Gasteiger partial charge in [0.1, 0.15) is 0 Å². The fraction of sp³-hybridized carbons (Fsp3) is 0.500. The van der Waals surface area contributed by atoms with E-state index in [1.54, 1.807) is 16.4 Å². The van der Waals surface area contributed by atoms with Crippen LogP contribution in [0.1, 0.15) is 33.3 Å². The normalized spacial score (nSPS) is 11.8. The minimum absolute atomic E-state index is 0.134. The highest BCUT2D eigenvalue weighted by atomic mass is 32.2. The molecule has 22 heavy (non-hydrogen) atoms. The Balaban J connectivity index is 2.11. The number of nitrogens with two attached hydrogens (primary N) is 1. The van der Waals surface area contributed by atoms with Crippen molar-refractivity contribution in [2.24, 2.45) is 0 Å². The Labute approximate surface area is 136 Å². The van der Waals surface area contributed by atoms with Gasteiger partial charge in [-0.2, -0.15) is 0 Å². The van der Waals surface area contributed by atoms with E-state index in [4.69, 9.17) is 10.6 Å². The van der Waals surface area contributed by atoms with Crippen LogP contribution in [0.3, 0.4) is 0 Å². The van der Waals surface area contributed by atoms with E-state index >= 15 is 0 Å². The van der Waals surface area contributed by atoms with Crippen LogP contribution in [-0.4, -0.2) is 33.8 Å². The van der Waals surface area contributed by atoms with E-state index in [2.05, 4.69) is 43.1 Å². The van der Waals surface area contributed by atoms with E-state index < -0.39 is 0 Å². The van der Waals surface area contributed by atoms with Crippen molar-refractivity contribution in [1.29, 1.82) is 0 Å². The predicted molar refractivity (Wildman–Crippen MR) is 91.5 cm³/mol. The first-order chi connectivity index (χ1) is 10.4. The summed E-state index contributed by atoms with van der Waals surface area (Å²) in [5.74, 6) is 7.60. The summed E-state index contributed by atoms with van der Waals surface area (Å²) in [6, 6.07) is 8.32. The summed E-state index contributed by atoms with van der Waals surface area (Å²) in [6.45, 7) is 9.97. The Morgan fingerprint density at radius 1 is 1.18 bits per heavy atom. The number of aromatic nitrogens is 3. The third-order valence-electron chi connectivity index (χ3n) is 3.34. The lowest BCUT2D eigenvalue weighted by Gasteiger charge is -2.19. The number of nitrogens with zero attached hydrogens (tertiary/aromatic N) is 3. The predicted octanol–water partition coefficient (Wildman–Crippen LogP) is 3.09. The van der Waals surface area contributed by atoms with Crippen molar-refractivity contribution in [3.8, 4) is 11.4 Å². The van der Waals surface area contributed by atoms with Crippen LogP contribution in [0.2, 0.25) is 0 Å². The second-order valence-electron chi connectivity index (χ2n) is 6.05. The van der Waals surface area contributed by atoms with Crippen LogP contribution in [-0.2, 0) is 10.2 Å². The molecule has 2 aromatic rings. The Morgan fingerprint density at radius 2 is 1.86 bits per heavy atom. The largest absolute Gasteiger partial charge is 0.381 e.